The largest absolute Gasteiger partial charge is 0.417 e. The molecule has 7 heteroatoms. The molecule has 0 aliphatic carbocycles. The Hall–Kier alpha value is -2.70. The average Bonchev–Trinajstić information content (AvgIpc) is 3.03. The first kappa shape index (κ1) is 16.2. The first-order valence-corrected chi connectivity index (χ1v) is 7.18. The van der Waals surface area contributed by atoms with E-state index in [2.05, 4.69) is 5.10 Å². The fourth-order valence-corrected chi connectivity index (χ4v) is 2.55. The van der Waals surface area contributed by atoms with Gasteiger partial charge in [-0.2, -0.15) is 18.3 Å². The summed E-state index contributed by atoms with van der Waals surface area (Å²) in [6.45, 7) is 0.150. The van der Waals surface area contributed by atoms with Crippen LogP contribution >= 0.6 is 0 Å². The van der Waals surface area contributed by atoms with Gasteiger partial charge in [0.1, 0.15) is 5.82 Å². The summed E-state index contributed by atoms with van der Waals surface area (Å²) in [5.74, 6) is -1.11. The fourth-order valence-electron chi connectivity index (χ4n) is 2.55. The molecule has 1 amide bonds. The number of hydrazone groups is 1. The standard InChI is InChI=1S/C17H12F4N2O/c18-12-5-3-4-11(10-12)16(24)23-9-8-15(22-23)13-6-1-2-7-14(13)17(19,20)21/h1-7,10H,8-9H2. The van der Waals surface area contributed by atoms with Crippen LogP contribution in [0.4, 0.5) is 17.6 Å². The molecule has 0 radical (unpaired) electrons. The van der Waals surface area contributed by atoms with E-state index in [0.29, 0.717) is 0 Å². The predicted molar refractivity (Wildman–Crippen MR) is 80.0 cm³/mol. The second-order valence-corrected chi connectivity index (χ2v) is 5.28. The van der Waals surface area contributed by atoms with Crippen LogP contribution in [0.5, 0.6) is 0 Å². The molecule has 124 valence electrons. The van der Waals surface area contributed by atoms with E-state index >= 15 is 0 Å². The van der Waals surface area contributed by atoms with Crippen molar-refractivity contribution in [2.75, 3.05) is 6.54 Å². The molecule has 0 aromatic heterocycles. The number of amides is 1. The monoisotopic (exact) mass is 336 g/mol. The van der Waals surface area contributed by atoms with Gasteiger partial charge in [-0.05, 0) is 24.3 Å². The van der Waals surface area contributed by atoms with Crippen LogP contribution in [0.2, 0.25) is 0 Å². The van der Waals surface area contributed by atoms with Crippen molar-refractivity contribution >= 4 is 11.6 Å². The van der Waals surface area contributed by atoms with E-state index in [1.165, 1.54) is 36.4 Å². The molecule has 0 unspecified atom stereocenters. The van der Waals surface area contributed by atoms with Gasteiger partial charge in [0.2, 0.25) is 0 Å². The highest BCUT2D eigenvalue weighted by Gasteiger charge is 2.35. The van der Waals surface area contributed by atoms with Crippen LogP contribution in [0.15, 0.2) is 53.6 Å². The molecule has 3 nitrogen and oxygen atoms in total. The average molecular weight is 336 g/mol. The number of hydrogen-bond acceptors (Lipinski definition) is 2. The van der Waals surface area contributed by atoms with Crippen LogP contribution in [-0.2, 0) is 6.18 Å². The van der Waals surface area contributed by atoms with Crippen LogP contribution in [0, 0.1) is 5.82 Å². The number of alkyl halides is 3. The van der Waals surface area contributed by atoms with Gasteiger partial charge in [0, 0.05) is 17.5 Å². The zero-order chi connectivity index (χ0) is 17.3. The fraction of sp³-hybridized carbons (Fsp3) is 0.176. The normalized spacial score (nSPS) is 14.7. The number of rotatable bonds is 2. The molecule has 0 fully saturated rings. The topological polar surface area (TPSA) is 32.7 Å². The number of carbonyl (C=O) groups is 1. The SMILES string of the molecule is O=C(c1cccc(F)c1)N1CCC(c2ccccc2C(F)(F)F)=N1. The minimum Gasteiger partial charge on any atom is -0.267 e. The Morgan fingerprint density at radius 1 is 1.08 bits per heavy atom. The second-order valence-electron chi connectivity index (χ2n) is 5.28. The Morgan fingerprint density at radius 2 is 1.83 bits per heavy atom. The van der Waals surface area contributed by atoms with Crippen molar-refractivity contribution in [3.63, 3.8) is 0 Å². The summed E-state index contributed by atoms with van der Waals surface area (Å²) in [5.41, 5.74) is -0.542. The van der Waals surface area contributed by atoms with Gasteiger partial charge >= 0.3 is 6.18 Å². The van der Waals surface area contributed by atoms with Gasteiger partial charge in [0.05, 0.1) is 17.8 Å². The summed E-state index contributed by atoms with van der Waals surface area (Å²) in [5, 5.41) is 5.08. The van der Waals surface area contributed by atoms with Crippen LogP contribution in [0.3, 0.4) is 0 Å². The molecule has 24 heavy (non-hydrogen) atoms. The highest BCUT2D eigenvalue weighted by atomic mass is 19.4. The Bertz CT molecular complexity index is 814. The molecule has 1 aliphatic rings. The van der Waals surface area contributed by atoms with E-state index in [4.69, 9.17) is 0 Å². The summed E-state index contributed by atoms with van der Waals surface area (Å²) in [6, 6.07) is 10.2. The van der Waals surface area contributed by atoms with Crippen LogP contribution in [0.25, 0.3) is 0 Å². The Kier molecular flexibility index (Phi) is 4.09. The third-order valence-corrected chi connectivity index (χ3v) is 3.65. The predicted octanol–water partition coefficient (Wildman–Crippen LogP) is 4.09. The molecule has 0 spiro atoms. The summed E-state index contributed by atoms with van der Waals surface area (Å²) >= 11 is 0. The first-order valence-electron chi connectivity index (χ1n) is 7.18. The maximum absolute atomic E-state index is 13.2. The third-order valence-electron chi connectivity index (χ3n) is 3.65. The summed E-state index contributed by atoms with van der Waals surface area (Å²) in [7, 11) is 0. The molecule has 0 bridgehead atoms. The molecule has 1 heterocycles. The number of carbonyl (C=O) groups excluding carboxylic acids is 1. The molecule has 1 aliphatic heterocycles. The van der Waals surface area contributed by atoms with Gasteiger partial charge in [-0.25, -0.2) is 9.40 Å². The molecule has 0 N–H and O–H groups in total. The van der Waals surface area contributed by atoms with Crippen LogP contribution in [-0.4, -0.2) is 23.2 Å². The maximum atomic E-state index is 13.2. The van der Waals surface area contributed by atoms with Gasteiger partial charge in [-0.15, -0.1) is 0 Å². The van der Waals surface area contributed by atoms with Gasteiger partial charge in [0.25, 0.3) is 5.91 Å². The van der Waals surface area contributed by atoms with Crippen molar-refractivity contribution < 1.29 is 22.4 Å². The third kappa shape index (κ3) is 3.15. The van der Waals surface area contributed by atoms with E-state index in [0.717, 1.165) is 17.1 Å². The van der Waals surface area contributed by atoms with Crippen molar-refractivity contribution in [1.82, 2.24) is 5.01 Å². The van der Waals surface area contributed by atoms with Crippen molar-refractivity contribution in [3.8, 4) is 0 Å². The second kappa shape index (κ2) is 6.07. The van der Waals surface area contributed by atoms with Crippen molar-refractivity contribution in [2.24, 2.45) is 5.10 Å². The molecular formula is C17H12F4N2O. The Labute approximate surface area is 135 Å². The maximum Gasteiger partial charge on any atom is 0.417 e. The molecule has 0 saturated carbocycles. The zero-order valence-electron chi connectivity index (χ0n) is 12.3. The van der Waals surface area contributed by atoms with Crippen LogP contribution < -0.4 is 0 Å². The summed E-state index contributed by atoms with van der Waals surface area (Å²) in [6.07, 6.45) is -4.30. The van der Waals surface area contributed by atoms with E-state index in [-0.39, 0.29) is 29.8 Å². The zero-order valence-corrected chi connectivity index (χ0v) is 12.3. The van der Waals surface area contributed by atoms with Gasteiger partial charge < -0.3 is 0 Å². The van der Waals surface area contributed by atoms with Crippen molar-refractivity contribution in [1.29, 1.82) is 0 Å². The van der Waals surface area contributed by atoms with E-state index in [1.807, 2.05) is 0 Å². The van der Waals surface area contributed by atoms with Gasteiger partial charge in [-0.1, -0.05) is 24.3 Å². The number of halogens is 4. The molecule has 2 aromatic carbocycles. The van der Waals surface area contributed by atoms with Crippen LogP contribution in [0.1, 0.15) is 27.9 Å². The summed E-state index contributed by atoms with van der Waals surface area (Å²) < 4.78 is 52.5. The lowest BCUT2D eigenvalue weighted by atomic mass is 10.0. The lowest BCUT2D eigenvalue weighted by Gasteiger charge is -2.12. The van der Waals surface area contributed by atoms with E-state index < -0.39 is 23.5 Å². The summed E-state index contributed by atoms with van der Waals surface area (Å²) in [4.78, 5) is 12.3. The first-order chi connectivity index (χ1) is 11.4. The van der Waals surface area contributed by atoms with E-state index in [1.54, 1.807) is 0 Å². The quantitative estimate of drug-likeness (QED) is 0.760. The Morgan fingerprint density at radius 3 is 2.54 bits per heavy atom. The smallest absolute Gasteiger partial charge is 0.267 e. The van der Waals surface area contributed by atoms with E-state index in [9.17, 15) is 22.4 Å². The minimum absolute atomic E-state index is 0.0421. The highest BCUT2D eigenvalue weighted by molar-refractivity contribution is 6.05. The number of hydrogen-bond donors (Lipinski definition) is 0. The number of benzene rings is 2. The lowest BCUT2D eigenvalue weighted by Crippen LogP contribution is -2.23. The molecule has 3 rings (SSSR count). The molecule has 2 aromatic rings. The Balaban J connectivity index is 1.91. The molecular weight excluding hydrogens is 324 g/mol. The van der Waals surface area contributed by atoms with Gasteiger partial charge in [0.15, 0.2) is 0 Å². The number of nitrogens with zero attached hydrogens (tertiary/aromatic N) is 2. The van der Waals surface area contributed by atoms with Crippen molar-refractivity contribution in [2.45, 2.75) is 12.6 Å². The lowest BCUT2D eigenvalue weighted by molar-refractivity contribution is -0.137. The van der Waals surface area contributed by atoms with Crippen molar-refractivity contribution in [3.05, 3.63) is 71.0 Å². The van der Waals surface area contributed by atoms with Gasteiger partial charge in [-0.3, -0.25) is 4.79 Å². The molecule has 0 atom stereocenters. The minimum atomic E-state index is -4.50. The highest BCUT2D eigenvalue weighted by Crippen LogP contribution is 2.33. The molecule has 0 saturated heterocycles.